The number of likely N-dealkylation sites (N-methyl/N-ethyl adjacent to an activating group) is 1. The van der Waals surface area contributed by atoms with Gasteiger partial charge in [-0.1, -0.05) is 29.8 Å². The molecule has 0 atom stereocenters. The summed E-state index contributed by atoms with van der Waals surface area (Å²) in [6, 6.07) is 13.3. The standard InChI is InChI=1S/C25H29ClN6O2/c1-4-34-22-15-18(24(33)32-13-11-31(3)12-14-32)9-10-21(22)29-25-27-16-19(26)23(30-25)28-20-8-6-5-7-17(20)2/h5-10,15-16H,4,11-14H2,1-3H3,(H2,27,28,29,30). The molecule has 2 aromatic carbocycles. The van der Waals surface area contributed by atoms with E-state index in [0.717, 1.165) is 24.3 Å². The Morgan fingerprint density at radius 1 is 1.09 bits per heavy atom. The first kappa shape index (κ1) is 23.8. The number of hydrogen-bond acceptors (Lipinski definition) is 7. The summed E-state index contributed by atoms with van der Waals surface area (Å²) < 4.78 is 5.83. The number of ether oxygens (including phenoxy) is 1. The van der Waals surface area contributed by atoms with Crippen LogP contribution in [-0.2, 0) is 0 Å². The second-order valence-corrected chi connectivity index (χ2v) is 8.60. The fraction of sp³-hybridized carbons (Fsp3) is 0.320. The number of rotatable bonds is 7. The van der Waals surface area contributed by atoms with Gasteiger partial charge in [-0.25, -0.2) is 4.98 Å². The Labute approximate surface area is 204 Å². The highest BCUT2D eigenvalue weighted by molar-refractivity contribution is 6.32. The molecule has 178 valence electrons. The van der Waals surface area contributed by atoms with Crippen molar-refractivity contribution < 1.29 is 9.53 Å². The molecule has 1 fully saturated rings. The molecule has 3 aromatic rings. The van der Waals surface area contributed by atoms with Gasteiger partial charge in [0.25, 0.3) is 5.91 Å². The van der Waals surface area contributed by atoms with Gasteiger partial charge in [-0.3, -0.25) is 4.79 Å². The predicted octanol–water partition coefficient (Wildman–Crippen LogP) is 4.71. The Kier molecular flexibility index (Phi) is 7.49. The summed E-state index contributed by atoms with van der Waals surface area (Å²) in [5.41, 5.74) is 3.25. The van der Waals surface area contributed by atoms with Crippen molar-refractivity contribution in [2.45, 2.75) is 13.8 Å². The first-order valence-electron chi connectivity index (χ1n) is 11.3. The highest BCUT2D eigenvalue weighted by Gasteiger charge is 2.21. The van der Waals surface area contributed by atoms with Crippen molar-refractivity contribution in [2.24, 2.45) is 0 Å². The number of piperazine rings is 1. The van der Waals surface area contributed by atoms with E-state index < -0.39 is 0 Å². The molecule has 1 amide bonds. The van der Waals surface area contributed by atoms with Crippen molar-refractivity contribution >= 4 is 40.6 Å². The van der Waals surface area contributed by atoms with Crippen molar-refractivity contribution in [3.63, 3.8) is 0 Å². The quantitative estimate of drug-likeness (QED) is 0.506. The molecule has 0 aliphatic carbocycles. The molecule has 0 bridgehead atoms. The Hall–Kier alpha value is -3.36. The molecular weight excluding hydrogens is 452 g/mol. The number of aryl methyl sites for hydroxylation is 1. The van der Waals surface area contributed by atoms with Crippen LogP contribution in [0.3, 0.4) is 0 Å². The number of halogens is 1. The molecule has 4 rings (SSSR count). The number of benzene rings is 2. The third-order valence-electron chi connectivity index (χ3n) is 5.71. The Balaban J connectivity index is 1.55. The molecule has 1 aromatic heterocycles. The van der Waals surface area contributed by atoms with Crippen LogP contribution in [0.5, 0.6) is 5.75 Å². The lowest BCUT2D eigenvalue weighted by atomic mass is 10.1. The second-order valence-electron chi connectivity index (χ2n) is 8.19. The van der Waals surface area contributed by atoms with E-state index in [1.165, 1.54) is 0 Å². The smallest absolute Gasteiger partial charge is 0.254 e. The number of nitrogens with zero attached hydrogens (tertiary/aromatic N) is 4. The molecule has 2 N–H and O–H groups in total. The molecule has 0 saturated carbocycles. The van der Waals surface area contributed by atoms with E-state index in [1.54, 1.807) is 18.3 Å². The number of hydrogen-bond donors (Lipinski definition) is 2. The van der Waals surface area contributed by atoms with Crippen LogP contribution in [0.15, 0.2) is 48.7 Å². The van der Waals surface area contributed by atoms with E-state index in [-0.39, 0.29) is 5.91 Å². The highest BCUT2D eigenvalue weighted by Crippen LogP contribution is 2.31. The molecule has 8 nitrogen and oxygen atoms in total. The third kappa shape index (κ3) is 5.58. The van der Waals surface area contributed by atoms with Gasteiger partial charge in [0, 0.05) is 37.4 Å². The van der Waals surface area contributed by atoms with Crippen LogP contribution in [0.25, 0.3) is 0 Å². The predicted molar refractivity (Wildman–Crippen MR) is 136 cm³/mol. The van der Waals surface area contributed by atoms with Gasteiger partial charge in [-0.2, -0.15) is 4.98 Å². The maximum atomic E-state index is 13.0. The molecule has 2 heterocycles. The summed E-state index contributed by atoms with van der Waals surface area (Å²) in [6.07, 6.45) is 1.54. The lowest BCUT2D eigenvalue weighted by Gasteiger charge is -2.32. The van der Waals surface area contributed by atoms with E-state index in [9.17, 15) is 4.79 Å². The molecule has 1 aliphatic heterocycles. The zero-order valence-corrected chi connectivity index (χ0v) is 20.4. The zero-order valence-electron chi connectivity index (χ0n) is 19.6. The van der Waals surface area contributed by atoms with E-state index in [0.29, 0.717) is 53.5 Å². The minimum Gasteiger partial charge on any atom is -0.492 e. The minimum atomic E-state index is 0.00747. The van der Waals surface area contributed by atoms with Gasteiger partial charge in [-0.15, -0.1) is 0 Å². The van der Waals surface area contributed by atoms with Gasteiger partial charge >= 0.3 is 0 Å². The second kappa shape index (κ2) is 10.7. The number of para-hydroxylation sites is 1. The Morgan fingerprint density at radius 2 is 1.85 bits per heavy atom. The summed E-state index contributed by atoms with van der Waals surface area (Å²) >= 11 is 6.34. The normalized spacial score (nSPS) is 14.1. The van der Waals surface area contributed by atoms with Gasteiger partial charge in [0.15, 0.2) is 5.82 Å². The van der Waals surface area contributed by atoms with Crippen molar-refractivity contribution in [2.75, 3.05) is 50.5 Å². The zero-order chi connectivity index (χ0) is 24.1. The maximum absolute atomic E-state index is 13.0. The summed E-state index contributed by atoms with van der Waals surface area (Å²) in [7, 11) is 2.07. The first-order chi connectivity index (χ1) is 16.4. The average Bonchev–Trinajstić information content (AvgIpc) is 2.84. The minimum absolute atomic E-state index is 0.00747. The van der Waals surface area contributed by atoms with Gasteiger partial charge in [0.05, 0.1) is 18.5 Å². The topological polar surface area (TPSA) is 82.6 Å². The molecular formula is C25H29ClN6O2. The monoisotopic (exact) mass is 480 g/mol. The molecule has 0 unspecified atom stereocenters. The summed E-state index contributed by atoms with van der Waals surface area (Å²) in [5, 5.41) is 6.87. The van der Waals surface area contributed by atoms with Crippen LogP contribution in [0.4, 0.5) is 23.1 Å². The summed E-state index contributed by atoms with van der Waals surface area (Å²) in [6.45, 7) is 7.55. The maximum Gasteiger partial charge on any atom is 0.254 e. The van der Waals surface area contributed by atoms with Crippen LogP contribution < -0.4 is 15.4 Å². The Morgan fingerprint density at radius 3 is 2.59 bits per heavy atom. The number of carbonyl (C=O) groups excluding carboxylic acids is 1. The van der Waals surface area contributed by atoms with E-state index in [1.807, 2.05) is 49.1 Å². The van der Waals surface area contributed by atoms with E-state index in [4.69, 9.17) is 16.3 Å². The van der Waals surface area contributed by atoms with Crippen molar-refractivity contribution in [3.05, 3.63) is 64.8 Å². The summed E-state index contributed by atoms with van der Waals surface area (Å²) in [4.78, 5) is 25.9. The third-order valence-corrected chi connectivity index (χ3v) is 5.98. The lowest BCUT2D eigenvalue weighted by molar-refractivity contribution is 0.0663. The van der Waals surface area contributed by atoms with Crippen molar-refractivity contribution in [1.29, 1.82) is 0 Å². The molecule has 0 radical (unpaired) electrons. The highest BCUT2D eigenvalue weighted by atomic mass is 35.5. The molecule has 1 aliphatic rings. The molecule has 34 heavy (non-hydrogen) atoms. The van der Waals surface area contributed by atoms with Crippen LogP contribution in [0.1, 0.15) is 22.8 Å². The van der Waals surface area contributed by atoms with Gasteiger partial charge in [0.2, 0.25) is 5.95 Å². The van der Waals surface area contributed by atoms with E-state index >= 15 is 0 Å². The largest absolute Gasteiger partial charge is 0.492 e. The van der Waals surface area contributed by atoms with Crippen LogP contribution in [0.2, 0.25) is 5.02 Å². The summed E-state index contributed by atoms with van der Waals surface area (Å²) in [5.74, 6) is 1.43. The fourth-order valence-corrected chi connectivity index (χ4v) is 3.84. The molecule has 9 heteroatoms. The SMILES string of the molecule is CCOc1cc(C(=O)N2CCN(C)CC2)ccc1Nc1ncc(Cl)c(Nc2ccccc2C)n1. The number of amides is 1. The average molecular weight is 481 g/mol. The van der Waals surface area contributed by atoms with Crippen LogP contribution in [-0.4, -0.2) is 65.5 Å². The van der Waals surface area contributed by atoms with Crippen LogP contribution in [0, 0.1) is 6.92 Å². The van der Waals surface area contributed by atoms with Gasteiger partial charge in [0.1, 0.15) is 10.8 Å². The number of carbonyl (C=O) groups is 1. The van der Waals surface area contributed by atoms with Crippen LogP contribution >= 0.6 is 11.6 Å². The van der Waals surface area contributed by atoms with Crippen molar-refractivity contribution in [3.8, 4) is 5.75 Å². The van der Waals surface area contributed by atoms with E-state index in [2.05, 4.69) is 32.5 Å². The Bertz CT molecular complexity index is 1160. The fourth-order valence-electron chi connectivity index (χ4n) is 3.70. The molecule has 0 spiro atoms. The number of anilines is 4. The van der Waals surface area contributed by atoms with Gasteiger partial charge in [-0.05, 0) is 50.7 Å². The van der Waals surface area contributed by atoms with Crippen molar-refractivity contribution in [1.82, 2.24) is 19.8 Å². The first-order valence-corrected chi connectivity index (χ1v) is 11.7. The lowest BCUT2D eigenvalue weighted by Crippen LogP contribution is -2.47. The number of nitrogens with one attached hydrogen (secondary N) is 2. The number of aromatic nitrogens is 2. The molecule has 1 saturated heterocycles. The van der Waals surface area contributed by atoms with Gasteiger partial charge < -0.3 is 25.2 Å².